The van der Waals surface area contributed by atoms with Gasteiger partial charge in [0.25, 0.3) is 0 Å². The van der Waals surface area contributed by atoms with Gasteiger partial charge in [0.15, 0.2) is 5.65 Å². The minimum Gasteiger partial charge on any atom is -0.485 e. The molecule has 0 amide bonds. The highest BCUT2D eigenvalue weighted by Gasteiger charge is 2.37. The van der Waals surface area contributed by atoms with E-state index in [9.17, 15) is 9.18 Å². The van der Waals surface area contributed by atoms with Gasteiger partial charge in [0.2, 0.25) is 0 Å². The summed E-state index contributed by atoms with van der Waals surface area (Å²) in [6, 6.07) is 6.38. The molecular formula is C22H22FN5O3. The second kappa shape index (κ2) is 7.87. The maximum atomic E-state index is 14.3. The standard InChI is InChI=1S/C22H22FN5O3/c1-4-30-21(29)17-12-25-28-8-5-18(27-20(17)28)26-13(2)16-10-15(23)9-14-11-22(3,6-7-24)31-19(14)16/h5,8-10,12-13H,4,6,11H2,1-3H3,(H,26,27)/t13?,22-/m1/s1. The summed E-state index contributed by atoms with van der Waals surface area (Å²) in [6.07, 6.45) is 3.77. The zero-order valence-electron chi connectivity index (χ0n) is 17.5. The number of fused-ring (bicyclic) bond motifs is 2. The van der Waals surface area contributed by atoms with Gasteiger partial charge in [0.1, 0.15) is 28.5 Å². The zero-order chi connectivity index (χ0) is 22.2. The van der Waals surface area contributed by atoms with Gasteiger partial charge in [0, 0.05) is 23.7 Å². The van der Waals surface area contributed by atoms with E-state index in [0.717, 1.165) is 5.56 Å². The first-order valence-corrected chi connectivity index (χ1v) is 10.00. The van der Waals surface area contributed by atoms with Gasteiger partial charge in [-0.2, -0.15) is 10.4 Å². The molecule has 0 saturated heterocycles. The van der Waals surface area contributed by atoms with Crippen molar-refractivity contribution in [1.82, 2.24) is 14.6 Å². The summed E-state index contributed by atoms with van der Waals surface area (Å²) >= 11 is 0. The fourth-order valence-electron chi connectivity index (χ4n) is 3.80. The average Bonchev–Trinajstić information content (AvgIpc) is 3.27. The number of esters is 1. The summed E-state index contributed by atoms with van der Waals surface area (Å²) in [5.74, 6) is 0.220. The van der Waals surface area contributed by atoms with Crippen molar-refractivity contribution < 1.29 is 18.7 Å². The molecule has 3 aromatic rings. The normalized spacial score (nSPS) is 18.2. The van der Waals surface area contributed by atoms with Crippen LogP contribution in [0.1, 0.15) is 54.7 Å². The molecule has 2 atom stereocenters. The first-order valence-electron chi connectivity index (χ1n) is 10.00. The Balaban J connectivity index is 1.63. The van der Waals surface area contributed by atoms with Crippen molar-refractivity contribution in [3.8, 4) is 11.8 Å². The van der Waals surface area contributed by atoms with Gasteiger partial charge in [-0.3, -0.25) is 0 Å². The highest BCUT2D eigenvalue weighted by Crippen LogP contribution is 2.42. The van der Waals surface area contributed by atoms with Crippen molar-refractivity contribution >= 4 is 17.4 Å². The van der Waals surface area contributed by atoms with E-state index in [0.29, 0.717) is 29.2 Å². The van der Waals surface area contributed by atoms with E-state index < -0.39 is 11.6 Å². The number of halogens is 1. The number of aromatic nitrogens is 3. The minimum atomic E-state index is -0.678. The number of nitrogens with one attached hydrogen (secondary N) is 1. The van der Waals surface area contributed by atoms with Gasteiger partial charge in [-0.05, 0) is 39.0 Å². The van der Waals surface area contributed by atoms with E-state index in [1.807, 2.05) is 13.8 Å². The van der Waals surface area contributed by atoms with Crippen LogP contribution in [0.2, 0.25) is 0 Å². The van der Waals surface area contributed by atoms with Crippen LogP contribution < -0.4 is 10.1 Å². The van der Waals surface area contributed by atoms with E-state index >= 15 is 0 Å². The molecule has 0 bridgehead atoms. The van der Waals surface area contributed by atoms with E-state index in [4.69, 9.17) is 14.7 Å². The zero-order valence-corrected chi connectivity index (χ0v) is 17.5. The van der Waals surface area contributed by atoms with Crippen LogP contribution in [0.3, 0.4) is 0 Å². The Hall–Kier alpha value is -3.67. The molecule has 1 N–H and O–H groups in total. The average molecular weight is 423 g/mol. The van der Waals surface area contributed by atoms with Crippen molar-refractivity contribution in [2.24, 2.45) is 0 Å². The van der Waals surface area contributed by atoms with Crippen LogP contribution in [0.25, 0.3) is 5.65 Å². The van der Waals surface area contributed by atoms with E-state index in [2.05, 4.69) is 21.5 Å². The largest absolute Gasteiger partial charge is 0.485 e. The Morgan fingerprint density at radius 1 is 1.52 bits per heavy atom. The topological polar surface area (TPSA) is 102 Å². The maximum absolute atomic E-state index is 14.3. The quantitative estimate of drug-likeness (QED) is 0.601. The lowest BCUT2D eigenvalue weighted by Crippen LogP contribution is -2.29. The molecule has 9 heteroatoms. The molecule has 1 aromatic carbocycles. The minimum absolute atomic E-state index is 0.209. The third-order valence-electron chi connectivity index (χ3n) is 5.22. The second-order valence-electron chi connectivity index (χ2n) is 7.77. The lowest BCUT2D eigenvalue weighted by Gasteiger charge is -2.23. The number of ether oxygens (including phenoxy) is 2. The smallest absolute Gasteiger partial charge is 0.343 e. The molecule has 1 aliphatic heterocycles. The number of carbonyl (C=O) groups excluding carboxylic acids is 1. The molecule has 160 valence electrons. The number of benzene rings is 1. The molecule has 1 unspecified atom stereocenters. The molecular weight excluding hydrogens is 401 g/mol. The van der Waals surface area contributed by atoms with Crippen molar-refractivity contribution in [1.29, 1.82) is 5.26 Å². The molecule has 8 nitrogen and oxygen atoms in total. The number of hydrogen-bond donors (Lipinski definition) is 1. The van der Waals surface area contributed by atoms with Crippen molar-refractivity contribution in [2.75, 3.05) is 11.9 Å². The van der Waals surface area contributed by atoms with Crippen LogP contribution in [-0.2, 0) is 11.2 Å². The van der Waals surface area contributed by atoms with Gasteiger partial charge in [-0.15, -0.1) is 0 Å². The highest BCUT2D eigenvalue weighted by atomic mass is 19.1. The summed E-state index contributed by atoms with van der Waals surface area (Å²) in [4.78, 5) is 16.6. The summed E-state index contributed by atoms with van der Waals surface area (Å²) < 4.78 is 26.9. The third-order valence-corrected chi connectivity index (χ3v) is 5.22. The van der Waals surface area contributed by atoms with Crippen LogP contribution in [0.5, 0.6) is 5.75 Å². The van der Waals surface area contributed by atoms with E-state index in [-0.39, 0.29) is 30.5 Å². The van der Waals surface area contributed by atoms with Crippen LogP contribution in [0.4, 0.5) is 10.2 Å². The monoisotopic (exact) mass is 423 g/mol. The molecule has 2 aromatic heterocycles. The summed E-state index contributed by atoms with van der Waals surface area (Å²) in [5, 5.41) is 16.5. The Bertz CT molecular complexity index is 1200. The van der Waals surface area contributed by atoms with E-state index in [1.54, 1.807) is 19.2 Å². The molecule has 31 heavy (non-hydrogen) atoms. The first-order chi connectivity index (χ1) is 14.8. The van der Waals surface area contributed by atoms with Crippen LogP contribution in [0, 0.1) is 17.1 Å². The predicted molar refractivity (Wildman–Crippen MR) is 110 cm³/mol. The molecule has 0 radical (unpaired) electrons. The number of rotatable bonds is 6. The Labute approximate surface area is 178 Å². The third kappa shape index (κ3) is 3.89. The number of carbonyl (C=O) groups is 1. The van der Waals surface area contributed by atoms with Crippen LogP contribution in [0.15, 0.2) is 30.6 Å². The Kier molecular flexibility index (Phi) is 5.23. The van der Waals surface area contributed by atoms with Gasteiger partial charge in [-0.1, -0.05) is 0 Å². The van der Waals surface area contributed by atoms with Gasteiger partial charge < -0.3 is 14.8 Å². The SMILES string of the molecule is CCOC(=O)c1cnn2ccc(NC(C)c3cc(F)cc4c3O[C@](C)(CC#N)C4)nc12. The summed E-state index contributed by atoms with van der Waals surface area (Å²) in [5.41, 5.74) is 1.32. The van der Waals surface area contributed by atoms with Gasteiger partial charge in [0.05, 0.1) is 31.3 Å². The number of nitrogens with zero attached hydrogens (tertiary/aromatic N) is 4. The fourth-order valence-corrected chi connectivity index (χ4v) is 3.80. The lowest BCUT2D eigenvalue weighted by molar-refractivity contribution is 0.0528. The molecule has 0 saturated carbocycles. The summed E-state index contributed by atoms with van der Waals surface area (Å²) in [6.45, 7) is 5.70. The molecule has 0 fully saturated rings. The summed E-state index contributed by atoms with van der Waals surface area (Å²) in [7, 11) is 0. The van der Waals surface area contributed by atoms with Gasteiger partial charge in [-0.25, -0.2) is 18.7 Å². The van der Waals surface area contributed by atoms with Crippen molar-refractivity contribution in [3.63, 3.8) is 0 Å². The molecule has 4 rings (SSSR count). The number of hydrogen-bond acceptors (Lipinski definition) is 7. The first kappa shape index (κ1) is 20.6. The van der Waals surface area contributed by atoms with Crippen LogP contribution in [-0.4, -0.2) is 32.8 Å². The van der Waals surface area contributed by atoms with Crippen molar-refractivity contribution in [3.05, 3.63) is 53.1 Å². The van der Waals surface area contributed by atoms with E-state index in [1.165, 1.54) is 22.8 Å². The fraction of sp³-hybridized carbons (Fsp3) is 0.364. The molecule has 3 heterocycles. The Morgan fingerprint density at radius 2 is 2.32 bits per heavy atom. The predicted octanol–water partition coefficient (Wildman–Crippen LogP) is 3.83. The molecule has 1 aliphatic rings. The van der Waals surface area contributed by atoms with Crippen LogP contribution >= 0.6 is 0 Å². The van der Waals surface area contributed by atoms with Gasteiger partial charge >= 0.3 is 5.97 Å². The molecule has 0 spiro atoms. The Morgan fingerprint density at radius 3 is 3.06 bits per heavy atom. The number of nitriles is 1. The lowest BCUT2D eigenvalue weighted by atomic mass is 9.95. The number of anilines is 1. The maximum Gasteiger partial charge on any atom is 0.343 e. The van der Waals surface area contributed by atoms with Crippen molar-refractivity contribution in [2.45, 2.75) is 45.3 Å². The molecule has 0 aliphatic carbocycles. The highest BCUT2D eigenvalue weighted by molar-refractivity contribution is 5.95. The second-order valence-corrected chi connectivity index (χ2v) is 7.77.